The first kappa shape index (κ1) is 23.7. The van der Waals surface area contributed by atoms with Crippen molar-refractivity contribution in [2.75, 3.05) is 0 Å². The molecule has 2 atom stereocenters. The van der Waals surface area contributed by atoms with Crippen molar-refractivity contribution < 1.29 is 18.7 Å². The number of nitrogens with zero attached hydrogens (tertiary/aromatic N) is 1. The van der Waals surface area contributed by atoms with Gasteiger partial charge in [0.05, 0.1) is 10.9 Å². The molecule has 0 spiro atoms. The average molecular weight is 501 g/mol. The molecule has 7 heteroatoms. The highest BCUT2D eigenvalue weighted by atomic mass is 35.5. The molecular weight excluding hydrogens is 479 g/mol. The molecule has 0 bridgehead atoms. The van der Waals surface area contributed by atoms with E-state index >= 15 is 0 Å². The number of rotatable bonds is 5. The minimum Gasteiger partial charge on any atom is -0.489 e. The molecule has 0 radical (unpaired) electrons. The normalized spacial score (nSPS) is 19.4. The molecule has 0 saturated carbocycles. The van der Waals surface area contributed by atoms with Gasteiger partial charge in [0.25, 0.3) is 0 Å². The fourth-order valence-electron chi connectivity index (χ4n) is 4.81. The van der Waals surface area contributed by atoms with Crippen molar-refractivity contribution in [3.63, 3.8) is 0 Å². The topological polar surface area (TPSA) is 85.3 Å². The van der Waals surface area contributed by atoms with Crippen molar-refractivity contribution in [2.45, 2.75) is 31.3 Å². The Kier molecular flexibility index (Phi) is 6.49. The van der Waals surface area contributed by atoms with Crippen LogP contribution in [0, 0.1) is 17.1 Å². The molecule has 3 aromatic carbocycles. The van der Waals surface area contributed by atoms with E-state index in [2.05, 4.69) is 6.07 Å². The van der Waals surface area contributed by atoms with Gasteiger partial charge in [0.15, 0.2) is 5.78 Å². The molecule has 2 aliphatic rings. The molecule has 3 aromatic rings. The Morgan fingerprint density at radius 3 is 2.56 bits per heavy atom. The zero-order valence-electron chi connectivity index (χ0n) is 19.2. The second-order valence-electron chi connectivity index (χ2n) is 8.76. The number of carbonyl (C=O) groups is 1. The Balaban J connectivity index is 1.48. The highest BCUT2D eigenvalue weighted by Crippen LogP contribution is 2.47. The molecule has 0 saturated heterocycles. The number of benzene rings is 3. The van der Waals surface area contributed by atoms with E-state index < -0.39 is 11.7 Å². The molecule has 36 heavy (non-hydrogen) atoms. The van der Waals surface area contributed by atoms with Crippen LogP contribution in [0.3, 0.4) is 0 Å². The van der Waals surface area contributed by atoms with Gasteiger partial charge >= 0.3 is 0 Å². The highest BCUT2D eigenvalue weighted by Gasteiger charge is 2.41. The number of allylic oxidation sites excluding steroid dienone is 3. The standard InChI is InChI=1S/C29H22ClFN2O3/c30-23-10-5-11-24(31)22(23)16-35-20-9-4-8-18(12-20)27-21(15-32)29(33)36-26-14-19(13-25(34)28(26)27)17-6-2-1-3-7-17/h1-12,19,27H,13-14,16,33H2/t19-,27-/m1/s1. The number of ether oxygens (including phenoxy) is 2. The van der Waals surface area contributed by atoms with E-state index in [1.54, 1.807) is 24.3 Å². The van der Waals surface area contributed by atoms with Gasteiger partial charge in [-0.25, -0.2) is 4.39 Å². The smallest absolute Gasteiger partial charge is 0.205 e. The lowest BCUT2D eigenvalue weighted by Crippen LogP contribution is -2.29. The van der Waals surface area contributed by atoms with E-state index in [4.69, 9.17) is 26.8 Å². The van der Waals surface area contributed by atoms with Gasteiger partial charge in [-0.05, 0) is 41.3 Å². The van der Waals surface area contributed by atoms with Crippen LogP contribution < -0.4 is 10.5 Å². The SMILES string of the molecule is N#CC1=C(N)OC2=C(C(=O)C[C@@H](c3ccccc3)C2)[C@@H]1c1cccc(OCc2c(F)cccc2Cl)c1. The van der Waals surface area contributed by atoms with Gasteiger partial charge in [-0.3, -0.25) is 4.79 Å². The second-order valence-corrected chi connectivity index (χ2v) is 9.17. The molecule has 0 fully saturated rings. The molecule has 0 aromatic heterocycles. The number of ketones is 1. The Hall–Kier alpha value is -4.08. The maximum atomic E-state index is 14.2. The molecule has 1 aliphatic heterocycles. The number of nitrogens with two attached hydrogens (primary N) is 1. The lowest BCUT2D eigenvalue weighted by Gasteiger charge is -2.34. The van der Waals surface area contributed by atoms with Crippen molar-refractivity contribution in [3.05, 3.63) is 123 Å². The molecule has 2 N–H and O–H groups in total. The first-order chi connectivity index (χ1) is 17.5. The summed E-state index contributed by atoms with van der Waals surface area (Å²) in [6.07, 6.45) is 0.812. The lowest BCUT2D eigenvalue weighted by atomic mass is 9.73. The summed E-state index contributed by atoms with van der Waals surface area (Å²) in [5, 5.41) is 10.2. The maximum Gasteiger partial charge on any atom is 0.205 e. The summed E-state index contributed by atoms with van der Waals surface area (Å²) in [5.41, 5.74) is 8.74. The van der Waals surface area contributed by atoms with Crippen LogP contribution in [0.15, 0.2) is 95.6 Å². The number of carbonyl (C=O) groups excluding carboxylic acids is 1. The van der Waals surface area contributed by atoms with E-state index in [-0.39, 0.29) is 40.4 Å². The Morgan fingerprint density at radius 1 is 1.06 bits per heavy atom. The first-order valence-corrected chi connectivity index (χ1v) is 11.9. The van der Waals surface area contributed by atoms with Crippen molar-refractivity contribution in [2.24, 2.45) is 5.73 Å². The summed E-state index contributed by atoms with van der Waals surface area (Å²) in [6, 6.07) is 23.4. The first-order valence-electron chi connectivity index (χ1n) is 11.5. The van der Waals surface area contributed by atoms with Gasteiger partial charge in [-0.1, -0.05) is 60.1 Å². The summed E-state index contributed by atoms with van der Waals surface area (Å²) >= 11 is 6.12. The van der Waals surface area contributed by atoms with Gasteiger partial charge < -0.3 is 15.2 Å². The molecule has 1 aliphatic carbocycles. The quantitative estimate of drug-likeness (QED) is 0.446. The fourth-order valence-corrected chi connectivity index (χ4v) is 5.03. The predicted octanol–water partition coefficient (Wildman–Crippen LogP) is 6.27. The van der Waals surface area contributed by atoms with E-state index in [0.29, 0.717) is 35.5 Å². The van der Waals surface area contributed by atoms with Crippen LogP contribution >= 0.6 is 11.6 Å². The zero-order chi connectivity index (χ0) is 25.2. The monoisotopic (exact) mass is 500 g/mol. The minimum absolute atomic E-state index is 0.00720. The van der Waals surface area contributed by atoms with Gasteiger partial charge in [-0.15, -0.1) is 0 Å². The summed E-state index contributed by atoms with van der Waals surface area (Å²) in [7, 11) is 0. The third-order valence-corrected chi connectivity index (χ3v) is 6.92. The van der Waals surface area contributed by atoms with Crippen LogP contribution in [0.2, 0.25) is 5.02 Å². The second kappa shape index (κ2) is 9.88. The van der Waals surface area contributed by atoms with Crippen LogP contribution in [0.1, 0.15) is 41.4 Å². The molecular formula is C29H22ClFN2O3. The Bertz CT molecular complexity index is 1420. The summed E-state index contributed by atoms with van der Waals surface area (Å²) in [6.45, 7) is -0.0720. The number of hydrogen-bond acceptors (Lipinski definition) is 5. The van der Waals surface area contributed by atoms with Crippen LogP contribution in [0.4, 0.5) is 4.39 Å². The van der Waals surface area contributed by atoms with Crippen molar-refractivity contribution in [1.82, 2.24) is 0 Å². The van der Waals surface area contributed by atoms with E-state index in [0.717, 1.165) is 5.56 Å². The van der Waals surface area contributed by atoms with Gasteiger partial charge in [-0.2, -0.15) is 5.26 Å². The van der Waals surface area contributed by atoms with Crippen LogP contribution in [-0.2, 0) is 16.1 Å². The van der Waals surface area contributed by atoms with Crippen molar-refractivity contribution in [3.8, 4) is 11.8 Å². The third kappa shape index (κ3) is 4.46. The third-order valence-electron chi connectivity index (χ3n) is 6.57. The number of nitriles is 1. The van der Waals surface area contributed by atoms with Crippen LogP contribution in [0.25, 0.3) is 0 Å². The Labute approximate surface area is 213 Å². The minimum atomic E-state index is -0.677. The van der Waals surface area contributed by atoms with Gasteiger partial charge in [0.1, 0.15) is 35.6 Å². The van der Waals surface area contributed by atoms with Crippen molar-refractivity contribution in [1.29, 1.82) is 5.26 Å². The maximum absolute atomic E-state index is 14.2. The average Bonchev–Trinajstić information content (AvgIpc) is 2.88. The van der Waals surface area contributed by atoms with Gasteiger partial charge in [0.2, 0.25) is 5.88 Å². The molecule has 1 heterocycles. The summed E-state index contributed by atoms with van der Waals surface area (Å²) in [4.78, 5) is 13.4. The molecule has 0 unspecified atom stereocenters. The number of halogens is 2. The summed E-state index contributed by atoms with van der Waals surface area (Å²) in [5.74, 6) is -0.320. The Morgan fingerprint density at radius 2 is 1.81 bits per heavy atom. The highest BCUT2D eigenvalue weighted by molar-refractivity contribution is 6.31. The van der Waals surface area contributed by atoms with E-state index in [9.17, 15) is 14.4 Å². The van der Waals surface area contributed by atoms with Crippen LogP contribution in [0.5, 0.6) is 5.75 Å². The largest absolute Gasteiger partial charge is 0.489 e. The van der Waals surface area contributed by atoms with Crippen molar-refractivity contribution >= 4 is 17.4 Å². The fraction of sp³-hybridized carbons (Fsp3) is 0.172. The zero-order valence-corrected chi connectivity index (χ0v) is 20.0. The van der Waals surface area contributed by atoms with E-state index in [1.807, 2.05) is 36.4 Å². The number of hydrogen-bond donors (Lipinski definition) is 1. The predicted molar refractivity (Wildman–Crippen MR) is 133 cm³/mol. The summed E-state index contributed by atoms with van der Waals surface area (Å²) < 4.78 is 25.8. The molecule has 5 rings (SSSR count). The molecule has 5 nitrogen and oxygen atoms in total. The molecule has 180 valence electrons. The lowest BCUT2D eigenvalue weighted by molar-refractivity contribution is -0.117. The molecule has 0 amide bonds. The van der Waals surface area contributed by atoms with Crippen LogP contribution in [-0.4, -0.2) is 5.78 Å². The van der Waals surface area contributed by atoms with Gasteiger partial charge in [0, 0.05) is 24.0 Å². The van der Waals surface area contributed by atoms with E-state index in [1.165, 1.54) is 12.1 Å². The number of Topliss-reactive ketones (excluding diaryl/α,β-unsaturated/α-hetero) is 1.